The van der Waals surface area contributed by atoms with Gasteiger partial charge in [0.25, 0.3) is 0 Å². The van der Waals surface area contributed by atoms with Gasteiger partial charge in [-0.15, -0.1) is 12.4 Å². The summed E-state index contributed by atoms with van der Waals surface area (Å²) in [5.74, 6) is -0.460. The van der Waals surface area contributed by atoms with Crippen LogP contribution in [0.4, 0.5) is 0 Å². The zero-order valence-corrected chi connectivity index (χ0v) is 20.3. The van der Waals surface area contributed by atoms with E-state index in [1.165, 1.54) is 16.4 Å². The molecule has 3 aromatic carbocycles. The Morgan fingerprint density at radius 1 is 1.06 bits per heavy atom. The molecule has 1 atom stereocenters. The van der Waals surface area contributed by atoms with Gasteiger partial charge in [0.2, 0.25) is 10.0 Å². The second-order valence-electron chi connectivity index (χ2n) is 8.34. The maximum Gasteiger partial charge on any atom is 0.320 e. The van der Waals surface area contributed by atoms with Gasteiger partial charge >= 0.3 is 5.97 Å². The van der Waals surface area contributed by atoms with E-state index in [-0.39, 0.29) is 36.8 Å². The van der Waals surface area contributed by atoms with Gasteiger partial charge in [-0.1, -0.05) is 60.2 Å². The minimum Gasteiger partial charge on any atom is -0.480 e. The summed E-state index contributed by atoms with van der Waals surface area (Å²) in [7, 11) is -3.79. The molecule has 4 rings (SSSR count). The van der Waals surface area contributed by atoms with Crippen molar-refractivity contribution in [1.82, 2.24) is 4.31 Å². The van der Waals surface area contributed by atoms with Crippen molar-refractivity contribution in [3.8, 4) is 5.75 Å². The first-order valence-corrected chi connectivity index (χ1v) is 12.0. The topological polar surface area (TPSA) is 110 Å². The van der Waals surface area contributed by atoms with Crippen molar-refractivity contribution >= 4 is 28.4 Å². The third kappa shape index (κ3) is 5.26. The molecular formula is C25H27ClN2O5S. The van der Waals surface area contributed by atoms with Crippen LogP contribution in [0.1, 0.15) is 16.7 Å². The third-order valence-electron chi connectivity index (χ3n) is 5.81. The molecule has 0 spiro atoms. The molecule has 1 fully saturated rings. The Morgan fingerprint density at radius 2 is 1.71 bits per heavy atom. The molecule has 3 N–H and O–H groups in total. The first-order valence-electron chi connectivity index (χ1n) is 10.6. The Hall–Kier alpha value is -2.91. The van der Waals surface area contributed by atoms with Crippen molar-refractivity contribution < 1.29 is 23.1 Å². The molecule has 0 bridgehead atoms. The van der Waals surface area contributed by atoms with E-state index in [1.807, 2.05) is 61.5 Å². The fourth-order valence-corrected chi connectivity index (χ4v) is 5.50. The quantitative estimate of drug-likeness (QED) is 0.489. The summed E-state index contributed by atoms with van der Waals surface area (Å²) in [6.45, 7) is 2.31. The lowest BCUT2D eigenvalue weighted by molar-refractivity contribution is -0.138. The lowest BCUT2D eigenvalue weighted by Gasteiger charge is -2.48. The summed E-state index contributed by atoms with van der Waals surface area (Å²) in [5, 5.41) is 9.04. The highest BCUT2D eigenvalue weighted by molar-refractivity contribution is 7.89. The summed E-state index contributed by atoms with van der Waals surface area (Å²) in [5.41, 5.74) is 7.37. The molecular weight excluding hydrogens is 476 g/mol. The molecule has 0 saturated carbocycles. The number of benzene rings is 3. The van der Waals surface area contributed by atoms with Gasteiger partial charge < -0.3 is 15.6 Å². The number of hydrogen-bond donors (Lipinski definition) is 2. The second-order valence-corrected chi connectivity index (χ2v) is 10.3. The van der Waals surface area contributed by atoms with Crippen LogP contribution in [0.3, 0.4) is 0 Å². The van der Waals surface area contributed by atoms with Crippen LogP contribution < -0.4 is 10.5 Å². The summed E-state index contributed by atoms with van der Waals surface area (Å²) in [4.78, 5) is 11.2. The van der Waals surface area contributed by atoms with Crippen LogP contribution in [0.5, 0.6) is 5.75 Å². The fourth-order valence-electron chi connectivity index (χ4n) is 3.90. The first kappa shape index (κ1) is 25.7. The van der Waals surface area contributed by atoms with Crippen LogP contribution in [-0.2, 0) is 26.8 Å². The lowest BCUT2D eigenvalue weighted by Crippen LogP contribution is -2.64. The van der Waals surface area contributed by atoms with Crippen LogP contribution in [0.15, 0.2) is 83.8 Å². The van der Waals surface area contributed by atoms with Crippen LogP contribution in [0.2, 0.25) is 0 Å². The van der Waals surface area contributed by atoms with E-state index in [0.29, 0.717) is 11.3 Å². The Labute approximate surface area is 205 Å². The number of carbonyl (C=O) groups is 1. The summed E-state index contributed by atoms with van der Waals surface area (Å²) in [6, 6.07) is 22.4. The normalized spacial score (nSPS) is 16.1. The van der Waals surface area contributed by atoms with Crippen molar-refractivity contribution in [2.24, 2.45) is 5.73 Å². The van der Waals surface area contributed by atoms with Gasteiger partial charge in [0.05, 0.1) is 18.0 Å². The van der Waals surface area contributed by atoms with E-state index >= 15 is 0 Å². The number of carboxylic acids is 1. The minimum absolute atomic E-state index is 0. The van der Waals surface area contributed by atoms with Crippen molar-refractivity contribution in [2.45, 2.75) is 29.9 Å². The highest BCUT2D eigenvalue weighted by Gasteiger charge is 2.52. The van der Waals surface area contributed by atoms with Gasteiger partial charge in [0.15, 0.2) is 5.60 Å². The molecule has 0 unspecified atom stereocenters. The van der Waals surface area contributed by atoms with E-state index in [9.17, 15) is 13.2 Å². The number of nitrogens with zero attached hydrogens (tertiary/aromatic N) is 1. The molecule has 0 aromatic heterocycles. The number of rotatable bonds is 8. The van der Waals surface area contributed by atoms with Gasteiger partial charge in [0, 0.05) is 0 Å². The minimum atomic E-state index is -3.79. The molecule has 0 aliphatic carbocycles. The molecule has 9 heteroatoms. The van der Waals surface area contributed by atoms with Gasteiger partial charge in [-0.3, -0.25) is 4.79 Å². The molecule has 0 amide bonds. The third-order valence-corrected chi connectivity index (χ3v) is 7.59. The zero-order chi connectivity index (χ0) is 23.6. The molecule has 3 aromatic rings. The second kappa shape index (κ2) is 10.1. The average Bonchev–Trinajstić information content (AvgIpc) is 2.78. The van der Waals surface area contributed by atoms with Gasteiger partial charge in [-0.2, -0.15) is 4.31 Å². The van der Waals surface area contributed by atoms with Crippen molar-refractivity contribution in [1.29, 1.82) is 0 Å². The number of nitrogens with two attached hydrogens (primary N) is 1. The highest BCUT2D eigenvalue weighted by Crippen LogP contribution is 2.40. The Kier molecular flexibility index (Phi) is 7.67. The van der Waals surface area contributed by atoms with Crippen LogP contribution in [-0.4, -0.2) is 42.9 Å². The molecule has 1 aliphatic rings. The molecule has 7 nitrogen and oxygen atoms in total. The van der Waals surface area contributed by atoms with E-state index in [4.69, 9.17) is 15.6 Å². The highest BCUT2D eigenvalue weighted by atomic mass is 35.5. The predicted molar refractivity (Wildman–Crippen MR) is 132 cm³/mol. The van der Waals surface area contributed by atoms with Crippen LogP contribution in [0.25, 0.3) is 0 Å². The Balaban J connectivity index is 0.00000324. The van der Waals surface area contributed by atoms with Crippen LogP contribution >= 0.6 is 12.4 Å². The molecule has 1 saturated heterocycles. The van der Waals surface area contributed by atoms with Crippen molar-refractivity contribution in [3.05, 3.63) is 95.6 Å². The predicted octanol–water partition coefficient (Wildman–Crippen LogP) is 3.35. The maximum absolute atomic E-state index is 13.3. The number of carboxylic acid groups (broad SMARTS) is 1. The zero-order valence-electron chi connectivity index (χ0n) is 18.6. The SMILES string of the molecule is Cc1ccc(OC2(c3ccccc3)CN(S(=O)(=O)c3cccc(C[C@H](N)C(=O)O)c3)C2)cc1.Cl. The number of halogens is 1. The average molecular weight is 503 g/mol. The van der Waals surface area contributed by atoms with Gasteiger partial charge in [0.1, 0.15) is 11.8 Å². The number of aliphatic carboxylic acids is 1. The molecule has 1 heterocycles. The van der Waals surface area contributed by atoms with Gasteiger partial charge in [-0.05, 0) is 48.7 Å². The summed E-state index contributed by atoms with van der Waals surface area (Å²) >= 11 is 0. The number of hydrogen-bond acceptors (Lipinski definition) is 5. The van der Waals surface area contributed by atoms with E-state index < -0.39 is 27.6 Å². The number of sulfonamides is 1. The van der Waals surface area contributed by atoms with Crippen LogP contribution in [0, 0.1) is 6.92 Å². The Morgan fingerprint density at radius 3 is 2.32 bits per heavy atom. The molecule has 0 radical (unpaired) electrons. The van der Waals surface area contributed by atoms with Crippen molar-refractivity contribution in [2.75, 3.05) is 13.1 Å². The smallest absolute Gasteiger partial charge is 0.320 e. The molecule has 1 aliphatic heterocycles. The number of aryl methyl sites for hydroxylation is 1. The van der Waals surface area contributed by atoms with Gasteiger partial charge in [-0.25, -0.2) is 8.42 Å². The van der Waals surface area contributed by atoms with E-state index in [0.717, 1.165) is 11.1 Å². The monoisotopic (exact) mass is 502 g/mol. The largest absolute Gasteiger partial charge is 0.480 e. The lowest BCUT2D eigenvalue weighted by atomic mass is 9.87. The Bertz CT molecular complexity index is 1240. The summed E-state index contributed by atoms with van der Waals surface area (Å²) < 4.78 is 34.4. The molecule has 180 valence electrons. The first-order chi connectivity index (χ1) is 15.7. The standard InChI is InChI=1S/C25H26N2O5S.ClH/c1-18-10-12-21(13-11-18)32-25(20-7-3-2-4-8-20)16-27(17-25)33(30,31)22-9-5-6-19(14-22)15-23(26)24(28)29;/h2-14,23H,15-17,26H2,1H3,(H,28,29);1H/t23-;/m0./s1. The number of ether oxygens (including phenoxy) is 1. The van der Waals surface area contributed by atoms with E-state index in [2.05, 4.69) is 0 Å². The fraction of sp³-hybridized carbons (Fsp3) is 0.240. The molecule has 34 heavy (non-hydrogen) atoms. The van der Waals surface area contributed by atoms with E-state index in [1.54, 1.807) is 12.1 Å². The maximum atomic E-state index is 13.3. The summed E-state index contributed by atoms with van der Waals surface area (Å²) in [6.07, 6.45) is 0.0448. The van der Waals surface area contributed by atoms with Crippen molar-refractivity contribution in [3.63, 3.8) is 0 Å².